The lowest BCUT2D eigenvalue weighted by molar-refractivity contribution is 0.422. The van der Waals surface area contributed by atoms with E-state index in [0.717, 1.165) is 36.3 Å². The van der Waals surface area contributed by atoms with Gasteiger partial charge < -0.3 is 4.90 Å². The molecular formula is C13H19ClN2. The summed E-state index contributed by atoms with van der Waals surface area (Å²) < 4.78 is 0. The van der Waals surface area contributed by atoms with Crippen molar-refractivity contribution in [2.45, 2.75) is 26.1 Å². The van der Waals surface area contributed by atoms with Gasteiger partial charge in [0.15, 0.2) is 0 Å². The van der Waals surface area contributed by atoms with Crippen molar-refractivity contribution in [3.05, 3.63) is 23.9 Å². The third-order valence-corrected chi connectivity index (χ3v) is 3.76. The maximum absolute atomic E-state index is 5.75. The number of hydrogen-bond donors (Lipinski definition) is 0. The van der Waals surface area contributed by atoms with Gasteiger partial charge in [0.25, 0.3) is 0 Å². The molecule has 1 aliphatic rings. The molecule has 1 atom stereocenters. The third kappa shape index (κ3) is 2.49. The summed E-state index contributed by atoms with van der Waals surface area (Å²) in [6.45, 7) is 6.89. The highest BCUT2D eigenvalue weighted by Crippen LogP contribution is 2.27. The van der Waals surface area contributed by atoms with Gasteiger partial charge in [0.2, 0.25) is 0 Å². The second-order valence-electron chi connectivity index (χ2n) is 4.90. The molecule has 1 unspecified atom stereocenters. The summed E-state index contributed by atoms with van der Waals surface area (Å²) in [6, 6.07) is 4.15. The molecule has 0 aromatic carbocycles. The van der Waals surface area contributed by atoms with Crippen molar-refractivity contribution in [1.82, 2.24) is 4.98 Å². The summed E-state index contributed by atoms with van der Waals surface area (Å²) >= 11 is 5.75. The Hall–Kier alpha value is -0.760. The maximum atomic E-state index is 5.75. The molecule has 0 spiro atoms. The van der Waals surface area contributed by atoms with E-state index in [2.05, 4.69) is 35.9 Å². The topological polar surface area (TPSA) is 16.1 Å². The van der Waals surface area contributed by atoms with Crippen LogP contribution in [0.25, 0.3) is 0 Å². The predicted octanol–water partition coefficient (Wildman–Crippen LogP) is 3.30. The molecule has 1 aromatic rings. The number of hydrogen-bond acceptors (Lipinski definition) is 2. The Morgan fingerprint density at radius 2 is 2.31 bits per heavy atom. The van der Waals surface area contributed by atoms with Crippen molar-refractivity contribution in [3.63, 3.8) is 0 Å². The van der Waals surface area contributed by atoms with Crippen molar-refractivity contribution in [2.75, 3.05) is 18.0 Å². The Kier molecular flexibility index (Phi) is 3.70. The maximum Gasteiger partial charge on any atom is 0.128 e. The van der Waals surface area contributed by atoms with E-state index in [0.29, 0.717) is 5.88 Å². The molecule has 2 nitrogen and oxygen atoms in total. The first-order valence-corrected chi connectivity index (χ1v) is 6.50. The van der Waals surface area contributed by atoms with Crippen LogP contribution in [0.5, 0.6) is 0 Å². The molecule has 2 rings (SSSR count). The van der Waals surface area contributed by atoms with E-state index in [-0.39, 0.29) is 0 Å². The zero-order valence-corrected chi connectivity index (χ0v) is 10.7. The normalized spacial score (nSPS) is 20.8. The summed E-state index contributed by atoms with van der Waals surface area (Å²) in [5.41, 5.74) is 1.09. The van der Waals surface area contributed by atoms with Crippen LogP contribution < -0.4 is 4.90 Å². The lowest BCUT2D eigenvalue weighted by Gasteiger charge is -2.19. The SMILES string of the molecule is CC(C)C1CCN(c2ccc(CCl)cn2)C1. The van der Waals surface area contributed by atoms with Crippen LogP contribution in [-0.2, 0) is 5.88 Å². The summed E-state index contributed by atoms with van der Waals surface area (Å²) in [6.07, 6.45) is 3.17. The second-order valence-corrected chi connectivity index (χ2v) is 5.16. The molecule has 0 radical (unpaired) electrons. The van der Waals surface area contributed by atoms with E-state index in [1.54, 1.807) is 0 Å². The first-order chi connectivity index (χ1) is 7.70. The monoisotopic (exact) mass is 238 g/mol. The van der Waals surface area contributed by atoms with Crippen LogP contribution in [0.3, 0.4) is 0 Å². The Morgan fingerprint density at radius 3 is 2.81 bits per heavy atom. The minimum absolute atomic E-state index is 0.544. The van der Waals surface area contributed by atoms with Gasteiger partial charge in [-0.2, -0.15) is 0 Å². The smallest absolute Gasteiger partial charge is 0.128 e. The average molecular weight is 239 g/mol. The van der Waals surface area contributed by atoms with E-state index in [1.165, 1.54) is 6.42 Å². The Balaban J connectivity index is 2.03. The van der Waals surface area contributed by atoms with Gasteiger partial charge in [0.1, 0.15) is 5.82 Å². The van der Waals surface area contributed by atoms with Crippen LogP contribution >= 0.6 is 11.6 Å². The molecule has 1 aliphatic heterocycles. The Morgan fingerprint density at radius 1 is 1.50 bits per heavy atom. The highest BCUT2D eigenvalue weighted by Gasteiger charge is 2.25. The number of aromatic nitrogens is 1. The molecule has 88 valence electrons. The third-order valence-electron chi connectivity index (χ3n) is 3.45. The fourth-order valence-corrected chi connectivity index (χ4v) is 2.38. The van der Waals surface area contributed by atoms with Crippen LogP contribution in [0.4, 0.5) is 5.82 Å². The van der Waals surface area contributed by atoms with Gasteiger partial charge in [-0.25, -0.2) is 4.98 Å². The molecule has 3 heteroatoms. The van der Waals surface area contributed by atoms with Crippen molar-refractivity contribution in [2.24, 2.45) is 11.8 Å². The standard InChI is InChI=1S/C13H19ClN2/c1-10(2)12-5-6-16(9-12)13-4-3-11(7-14)8-15-13/h3-4,8,10,12H,5-7,9H2,1-2H3. The van der Waals surface area contributed by atoms with Crippen LogP contribution in [0, 0.1) is 11.8 Å². The average Bonchev–Trinajstić information content (AvgIpc) is 2.78. The number of halogens is 1. The predicted molar refractivity (Wildman–Crippen MR) is 69.0 cm³/mol. The number of rotatable bonds is 3. The number of anilines is 1. The molecule has 1 aromatic heterocycles. The molecule has 0 amide bonds. The van der Waals surface area contributed by atoms with E-state index >= 15 is 0 Å². The molecule has 16 heavy (non-hydrogen) atoms. The van der Waals surface area contributed by atoms with Gasteiger partial charge in [-0.3, -0.25) is 0 Å². The first-order valence-electron chi connectivity index (χ1n) is 5.96. The second kappa shape index (κ2) is 5.05. The van der Waals surface area contributed by atoms with Crippen molar-refractivity contribution >= 4 is 17.4 Å². The zero-order valence-electron chi connectivity index (χ0n) is 9.99. The quantitative estimate of drug-likeness (QED) is 0.752. The molecule has 2 heterocycles. The lowest BCUT2D eigenvalue weighted by Crippen LogP contribution is -2.22. The Labute approximate surface area is 103 Å². The van der Waals surface area contributed by atoms with Crippen LogP contribution in [-0.4, -0.2) is 18.1 Å². The van der Waals surface area contributed by atoms with Crippen molar-refractivity contribution in [1.29, 1.82) is 0 Å². The summed E-state index contributed by atoms with van der Waals surface area (Å²) in [5.74, 6) is 3.22. The highest BCUT2D eigenvalue weighted by molar-refractivity contribution is 6.17. The van der Waals surface area contributed by atoms with Gasteiger partial charge in [0, 0.05) is 25.2 Å². The molecule has 0 aliphatic carbocycles. The van der Waals surface area contributed by atoms with Crippen molar-refractivity contribution < 1.29 is 0 Å². The molecule has 0 N–H and O–H groups in total. The molecule has 1 fully saturated rings. The first kappa shape index (κ1) is 11.7. The van der Waals surface area contributed by atoms with Crippen LogP contribution in [0.2, 0.25) is 0 Å². The van der Waals surface area contributed by atoms with E-state index in [1.807, 2.05) is 6.20 Å². The van der Waals surface area contributed by atoms with Crippen LogP contribution in [0.15, 0.2) is 18.3 Å². The fourth-order valence-electron chi connectivity index (χ4n) is 2.22. The summed E-state index contributed by atoms with van der Waals surface area (Å²) in [7, 11) is 0. The van der Waals surface area contributed by atoms with Gasteiger partial charge in [-0.1, -0.05) is 19.9 Å². The summed E-state index contributed by atoms with van der Waals surface area (Å²) in [5, 5.41) is 0. The number of alkyl halides is 1. The number of nitrogens with zero attached hydrogens (tertiary/aromatic N) is 2. The summed E-state index contributed by atoms with van der Waals surface area (Å²) in [4.78, 5) is 6.84. The Bertz CT molecular complexity index is 334. The van der Waals surface area contributed by atoms with E-state index < -0.39 is 0 Å². The molecule has 0 saturated carbocycles. The van der Waals surface area contributed by atoms with Gasteiger partial charge >= 0.3 is 0 Å². The lowest BCUT2D eigenvalue weighted by atomic mass is 9.95. The van der Waals surface area contributed by atoms with Gasteiger partial charge in [-0.05, 0) is 29.9 Å². The van der Waals surface area contributed by atoms with Crippen molar-refractivity contribution in [3.8, 4) is 0 Å². The van der Waals surface area contributed by atoms with Gasteiger partial charge in [-0.15, -0.1) is 11.6 Å². The molecule has 0 bridgehead atoms. The highest BCUT2D eigenvalue weighted by atomic mass is 35.5. The van der Waals surface area contributed by atoms with Crippen LogP contribution in [0.1, 0.15) is 25.8 Å². The molecular weight excluding hydrogens is 220 g/mol. The van der Waals surface area contributed by atoms with E-state index in [9.17, 15) is 0 Å². The van der Waals surface area contributed by atoms with E-state index in [4.69, 9.17) is 11.6 Å². The van der Waals surface area contributed by atoms with Gasteiger partial charge in [0.05, 0.1) is 0 Å². The minimum Gasteiger partial charge on any atom is -0.356 e. The minimum atomic E-state index is 0.544. The largest absolute Gasteiger partial charge is 0.356 e. The fraction of sp³-hybridized carbons (Fsp3) is 0.615. The zero-order chi connectivity index (χ0) is 11.5. The molecule has 1 saturated heterocycles. The number of pyridine rings is 1.